The lowest BCUT2D eigenvalue weighted by Crippen LogP contribution is -2.33. The Morgan fingerprint density at radius 2 is 1.77 bits per heavy atom. The van der Waals surface area contributed by atoms with Crippen LogP contribution in [0.3, 0.4) is 0 Å². The molecule has 0 aliphatic carbocycles. The number of imide groups is 1. The van der Waals surface area contributed by atoms with Crippen LogP contribution in [0.15, 0.2) is 82.9 Å². The highest BCUT2D eigenvalue weighted by Crippen LogP contribution is 2.53. The Morgan fingerprint density at radius 3 is 2.46 bits per heavy atom. The number of carbonyl (C=O) groups excluding carboxylic acids is 3. The van der Waals surface area contributed by atoms with Crippen molar-refractivity contribution in [2.75, 3.05) is 10.2 Å². The van der Waals surface area contributed by atoms with Crippen molar-refractivity contribution in [2.24, 2.45) is 5.92 Å². The number of aromatic nitrogens is 2. The van der Waals surface area contributed by atoms with Crippen LogP contribution >= 0.6 is 34.7 Å². The second-order valence-electron chi connectivity index (χ2n) is 9.35. The first-order valence-electron chi connectivity index (χ1n) is 12.1. The van der Waals surface area contributed by atoms with Crippen LogP contribution in [0.25, 0.3) is 0 Å². The molecule has 1 saturated heterocycles. The highest BCUT2D eigenvalue weighted by Gasteiger charge is 2.56. The molecule has 196 valence electrons. The van der Waals surface area contributed by atoms with Gasteiger partial charge >= 0.3 is 4.87 Å². The summed E-state index contributed by atoms with van der Waals surface area (Å²) in [4.78, 5) is 59.4. The van der Waals surface area contributed by atoms with Crippen LogP contribution in [0.4, 0.5) is 11.4 Å². The highest BCUT2D eigenvalue weighted by atomic mass is 35.5. The van der Waals surface area contributed by atoms with Crippen molar-refractivity contribution in [3.63, 3.8) is 0 Å². The molecule has 8 nitrogen and oxygen atoms in total. The van der Waals surface area contributed by atoms with E-state index in [0.29, 0.717) is 26.3 Å². The van der Waals surface area contributed by atoms with Crippen molar-refractivity contribution >= 4 is 63.8 Å². The summed E-state index contributed by atoms with van der Waals surface area (Å²) in [5.41, 5.74) is 2.85. The van der Waals surface area contributed by atoms with E-state index in [-0.39, 0.29) is 29.1 Å². The maximum absolute atomic E-state index is 13.8. The molecule has 0 radical (unpaired) electrons. The molecule has 0 bridgehead atoms. The minimum atomic E-state index is -0.772. The van der Waals surface area contributed by atoms with Crippen molar-refractivity contribution < 1.29 is 14.4 Å². The van der Waals surface area contributed by atoms with Gasteiger partial charge in [0.2, 0.25) is 17.7 Å². The van der Waals surface area contributed by atoms with E-state index in [1.165, 1.54) is 21.2 Å². The summed E-state index contributed by atoms with van der Waals surface area (Å²) in [6.07, 6.45) is 3.28. The van der Waals surface area contributed by atoms with Crippen LogP contribution in [0.2, 0.25) is 5.02 Å². The van der Waals surface area contributed by atoms with Gasteiger partial charge in [0, 0.05) is 33.9 Å². The molecule has 6 rings (SSSR count). The van der Waals surface area contributed by atoms with E-state index in [1.54, 1.807) is 54.9 Å². The maximum atomic E-state index is 13.8. The number of anilines is 2. The molecule has 0 unspecified atom stereocenters. The van der Waals surface area contributed by atoms with Crippen molar-refractivity contribution in [2.45, 2.75) is 29.7 Å². The first-order chi connectivity index (χ1) is 18.8. The van der Waals surface area contributed by atoms with Gasteiger partial charge in [0.25, 0.3) is 0 Å². The van der Waals surface area contributed by atoms with Gasteiger partial charge in [0.15, 0.2) is 0 Å². The maximum Gasteiger partial charge on any atom is 0.308 e. The minimum absolute atomic E-state index is 0.217. The number of benzene rings is 2. The number of carbonyl (C=O) groups is 3. The van der Waals surface area contributed by atoms with E-state index >= 15 is 0 Å². The molecule has 2 aromatic heterocycles. The largest absolute Gasteiger partial charge is 0.325 e. The van der Waals surface area contributed by atoms with Crippen LogP contribution < -0.4 is 15.1 Å². The fourth-order valence-electron chi connectivity index (χ4n) is 5.00. The van der Waals surface area contributed by atoms with Crippen LogP contribution in [0, 0.1) is 12.8 Å². The third-order valence-corrected chi connectivity index (χ3v) is 9.67. The zero-order chi connectivity index (χ0) is 27.3. The van der Waals surface area contributed by atoms with Gasteiger partial charge in [-0.15, -0.1) is 0 Å². The zero-order valence-electron chi connectivity index (χ0n) is 20.5. The minimum Gasteiger partial charge on any atom is -0.325 e. The molecule has 3 atom stereocenters. The summed E-state index contributed by atoms with van der Waals surface area (Å²) < 4.78 is 1.40. The number of rotatable bonds is 5. The number of hydrogen-bond donors (Lipinski definition) is 1. The van der Waals surface area contributed by atoms with Crippen molar-refractivity contribution in [1.82, 2.24) is 9.55 Å². The normalized spacial score (nSPS) is 20.1. The van der Waals surface area contributed by atoms with Gasteiger partial charge in [-0.3, -0.25) is 28.7 Å². The molecule has 3 amide bonds. The number of thioether (sulfide) groups is 1. The number of aryl methyl sites for hydroxylation is 1. The Kier molecular flexibility index (Phi) is 6.62. The molecule has 2 aliphatic rings. The first-order valence-corrected chi connectivity index (χ1v) is 14.2. The Hall–Kier alpha value is -3.73. The van der Waals surface area contributed by atoms with Gasteiger partial charge in [-0.25, -0.2) is 4.90 Å². The molecule has 0 saturated carbocycles. The molecule has 2 aromatic carbocycles. The van der Waals surface area contributed by atoms with Gasteiger partial charge < -0.3 is 5.32 Å². The number of amides is 3. The summed E-state index contributed by atoms with van der Waals surface area (Å²) in [6, 6.07) is 17.5. The molecule has 39 heavy (non-hydrogen) atoms. The summed E-state index contributed by atoms with van der Waals surface area (Å²) in [5.74, 6) is -2.37. The number of halogens is 1. The quantitative estimate of drug-likeness (QED) is 0.346. The van der Waals surface area contributed by atoms with E-state index < -0.39 is 17.1 Å². The third kappa shape index (κ3) is 4.58. The van der Waals surface area contributed by atoms with Crippen molar-refractivity contribution in [1.29, 1.82) is 0 Å². The Morgan fingerprint density at radius 1 is 1.03 bits per heavy atom. The van der Waals surface area contributed by atoms with E-state index in [9.17, 15) is 19.2 Å². The van der Waals surface area contributed by atoms with E-state index in [0.717, 1.165) is 22.5 Å². The highest BCUT2D eigenvalue weighted by molar-refractivity contribution is 8.00. The second kappa shape index (κ2) is 10.1. The number of thiazole rings is 1. The average molecular weight is 577 g/mol. The Labute approximate surface area is 236 Å². The SMILES string of the molecule is Cc1ccc(NC(=O)Cn2c3c(sc2=O)[C@@H](c2cccnc2)[C@@H]2C(=O)N(c4ccc(Cl)cc4)C(=O)[C@@H]2S3)cc1. The van der Waals surface area contributed by atoms with Gasteiger partial charge in [0.1, 0.15) is 11.8 Å². The van der Waals surface area contributed by atoms with Crippen molar-refractivity contribution in [3.8, 4) is 0 Å². The monoisotopic (exact) mass is 576 g/mol. The van der Waals surface area contributed by atoms with Crippen LogP contribution in [0.5, 0.6) is 0 Å². The molecular formula is C28H21ClN4O4S2. The topological polar surface area (TPSA) is 101 Å². The summed E-state index contributed by atoms with van der Waals surface area (Å²) in [5, 5.41) is 3.07. The molecule has 2 aliphatic heterocycles. The molecule has 1 N–H and O–H groups in total. The lowest BCUT2D eigenvalue weighted by atomic mass is 9.84. The fraction of sp³-hybridized carbons (Fsp3) is 0.179. The number of fused-ring (bicyclic) bond motifs is 2. The molecular weight excluding hydrogens is 556 g/mol. The lowest BCUT2D eigenvalue weighted by molar-refractivity contribution is -0.122. The van der Waals surface area contributed by atoms with Crippen LogP contribution in [-0.4, -0.2) is 32.5 Å². The summed E-state index contributed by atoms with van der Waals surface area (Å²) in [6.45, 7) is 1.74. The number of pyridine rings is 1. The van der Waals surface area contributed by atoms with E-state index in [1.807, 2.05) is 25.1 Å². The Balaban J connectivity index is 1.39. The molecule has 0 spiro atoms. The number of nitrogens with zero attached hydrogens (tertiary/aromatic N) is 3. The second-order valence-corrected chi connectivity index (χ2v) is 11.9. The molecule has 4 aromatic rings. The average Bonchev–Trinajstić information content (AvgIpc) is 3.37. The van der Waals surface area contributed by atoms with Crippen molar-refractivity contribution in [3.05, 3.63) is 104 Å². The van der Waals surface area contributed by atoms with Gasteiger partial charge in [-0.05, 0) is 55.0 Å². The van der Waals surface area contributed by atoms with Crippen LogP contribution in [0.1, 0.15) is 21.9 Å². The predicted octanol–water partition coefficient (Wildman–Crippen LogP) is 4.70. The molecule has 11 heteroatoms. The zero-order valence-corrected chi connectivity index (χ0v) is 22.9. The van der Waals surface area contributed by atoms with Gasteiger partial charge in [0.05, 0.1) is 16.6 Å². The lowest BCUT2D eigenvalue weighted by Gasteiger charge is -2.30. The third-order valence-electron chi connectivity index (χ3n) is 6.81. The molecule has 1 fully saturated rings. The molecule has 4 heterocycles. The van der Waals surface area contributed by atoms with Gasteiger partial charge in [-0.2, -0.15) is 0 Å². The van der Waals surface area contributed by atoms with Gasteiger partial charge in [-0.1, -0.05) is 58.5 Å². The summed E-state index contributed by atoms with van der Waals surface area (Å²) in [7, 11) is 0. The fourth-order valence-corrected chi connectivity index (χ4v) is 7.90. The number of hydrogen-bond acceptors (Lipinski definition) is 7. The predicted molar refractivity (Wildman–Crippen MR) is 152 cm³/mol. The smallest absolute Gasteiger partial charge is 0.308 e. The van der Waals surface area contributed by atoms with E-state index in [2.05, 4.69) is 10.3 Å². The number of nitrogens with one attached hydrogen (secondary N) is 1. The summed E-state index contributed by atoms with van der Waals surface area (Å²) >= 11 is 8.20. The van der Waals surface area contributed by atoms with E-state index in [4.69, 9.17) is 11.6 Å². The van der Waals surface area contributed by atoms with Crippen LogP contribution in [-0.2, 0) is 20.9 Å². The Bertz CT molecular complexity index is 1650. The first kappa shape index (κ1) is 25.5. The standard InChI is InChI=1S/C28H21ClN4O4S2/c1-15-4-8-18(9-5-15)31-20(34)14-32-27-24(39-28(32)37)21(16-3-2-12-30-13-16)22-23(38-27)26(36)33(25(22)35)19-10-6-17(29)7-11-19/h2-13,21-23H,14H2,1H3,(H,31,34)/t21-,22-,23+/m0/s1.